The van der Waals surface area contributed by atoms with Crippen LogP contribution in [0.4, 0.5) is 5.69 Å². The summed E-state index contributed by atoms with van der Waals surface area (Å²) in [5.41, 5.74) is 1.70. The number of benzene rings is 1. The largest absolute Gasteiger partial charge is 0.314 e. The van der Waals surface area contributed by atoms with Gasteiger partial charge in [-0.25, -0.2) is 0 Å². The molecule has 0 fully saturated rings. The summed E-state index contributed by atoms with van der Waals surface area (Å²) in [6, 6.07) is 8.67. The molecule has 2 rings (SSSR count). The zero-order chi connectivity index (χ0) is 9.64. The van der Waals surface area contributed by atoms with Crippen molar-refractivity contribution in [2.75, 3.05) is 11.9 Å². The molecule has 1 aliphatic heterocycles. The maximum atomic E-state index is 11.8. The Kier molecular flexibility index (Phi) is 1.50. The number of anilines is 1. The van der Waals surface area contributed by atoms with Crippen LogP contribution in [0.3, 0.4) is 0 Å². The average Bonchev–Trinajstić information content (AvgIpc) is 2.30. The van der Waals surface area contributed by atoms with Crippen LogP contribution in [0.5, 0.6) is 0 Å². The fourth-order valence-corrected chi connectivity index (χ4v) is 1.87. The minimum absolute atomic E-state index is 0.155. The number of fused-ring (bicyclic) bond motifs is 1. The first kappa shape index (κ1) is 8.30. The molecular weight excluding hydrogens is 162 g/mol. The molecule has 0 unspecified atom stereocenters. The zero-order valence-electron chi connectivity index (χ0n) is 8.09. The van der Waals surface area contributed by atoms with Gasteiger partial charge in [0, 0.05) is 12.7 Å². The Hall–Kier alpha value is -1.31. The molecule has 1 radical (unpaired) electrons. The Morgan fingerprint density at radius 3 is 2.77 bits per heavy atom. The Morgan fingerprint density at radius 1 is 1.46 bits per heavy atom. The minimum Gasteiger partial charge on any atom is -0.314 e. The quantitative estimate of drug-likeness (QED) is 0.586. The summed E-state index contributed by atoms with van der Waals surface area (Å²) in [4.78, 5) is 13.5. The van der Waals surface area contributed by atoms with E-state index in [0.717, 1.165) is 11.3 Å². The topological polar surface area (TPSA) is 20.3 Å². The highest BCUT2D eigenvalue weighted by atomic mass is 16.2. The highest BCUT2D eigenvalue weighted by Gasteiger charge is 2.41. The number of carbonyl (C=O) groups is 1. The van der Waals surface area contributed by atoms with Gasteiger partial charge < -0.3 is 4.90 Å². The lowest BCUT2D eigenvalue weighted by Crippen LogP contribution is -2.33. The van der Waals surface area contributed by atoms with Crippen LogP contribution in [0.15, 0.2) is 18.2 Å². The molecule has 1 aliphatic rings. The van der Waals surface area contributed by atoms with Crippen LogP contribution < -0.4 is 4.90 Å². The molecule has 13 heavy (non-hydrogen) atoms. The van der Waals surface area contributed by atoms with Gasteiger partial charge in [-0.15, -0.1) is 0 Å². The van der Waals surface area contributed by atoms with Crippen molar-refractivity contribution in [2.24, 2.45) is 0 Å². The third kappa shape index (κ3) is 0.916. The highest BCUT2D eigenvalue weighted by molar-refractivity contribution is 6.07. The fourth-order valence-electron chi connectivity index (χ4n) is 1.87. The first-order chi connectivity index (χ1) is 6.05. The van der Waals surface area contributed by atoms with E-state index in [4.69, 9.17) is 0 Å². The molecule has 0 bridgehead atoms. The maximum Gasteiger partial charge on any atom is 0.236 e. The Bertz CT molecular complexity index is 368. The van der Waals surface area contributed by atoms with E-state index in [0.29, 0.717) is 0 Å². The Labute approximate surface area is 78.2 Å². The van der Waals surface area contributed by atoms with E-state index in [2.05, 4.69) is 6.07 Å². The molecular formula is C11H12NO. The van der Waals surface area contributed by atoms with Crippen LogP contribution in [0.1, 0.15) is 19.4 Å². The first-order valence-corrected chi connectivity index (χ1v) is 4.34. The van der Waals surface area contributed by atoms with Crippen LogP contribution in [-0.4, -0.2) is 13.0 Å². The van der Waals surface area contributed by atoms with E-state index in [1.165, 1.54) is 0 Å². The molecule has 0 saturated carbocycles. The Balaban J connectivity index is 2.68. The van der Waals surface area contributed by atoms with Gasteiger partial charge in [0.05, 0.1) is 5.41 Å². The van der Waals surface area contributed by atoms with Crippen LogP contribution in [0.25, 0.3) is 0 Å². The fraction of sp³-hybridized carbons (Fsp3) is 0.364. The predicted molar refractivity (Wildman–Crippen MR) is 51.7 cm³/mol. The summed E-state index contributed by atoms with van der Waals surface area (Å²) in [7, 11) is 1.81. The Morgan fingerprint density at radius 2 is 2.15 bits per heavy atom. The molecule has 1 aromatic rings. The van der Waals surface area contributed by atoms with E-state index < -0.39 is 0 Å². The molecule has 1 heterocycles. The zero-order valence-corrected chi connectivity index (χ0v) is 8.09. The average molecular weight is 174 g/mol. The molecule has 0 saturated heterocycles. The minimum atomic E-state index is -0.376. The summed E-state index contributed by atoms with van der Waals surface area (Å²) in [5, 5.41) is 0. The van der Waals surface area contributed by atoms with Crippen molar-refractivity contribution >= 4 is 11.6 Å². The van der Waals surface area contributed by atoms with Gasteiger partial charge in [0.15, 0.2) is 0 Å². The third-order valence-corrected chi connectivity index (χ3v) is 2.72. The summed E-state index contributed by atoms with van der Waals surface area (Å²) < 4.78 is 0. The normalized spacial score (nSPS) is 19.0. The lowest BCUT2D eigenvalue weighted by atomic mass is 9.86. The van der Waals surface area contributed by atoms with Crippen LogP contribution in [-0.2, 0) is 10.2 Å². The van der Waals surface area contributed by atoms with Gasteiger partial charge in [-0.2, -0.15) is 0 Å². The standard InChI is InChI=1S/C11H12NO/c1-11(2)8-6-4-5-7-9(8)12(3)10(11)13/h4,6-7H,1-3H3. The molecule has 0 aliphatic carbocycles. The monoisotopic (exact) mass is 174 g/mol. The first-order valence-electron chi connectivity index (χ1n) is 4.34. The number of amides is 1. The summed E-state index contributed by atoms with van der Waals surface area (Å²) in [6.07, 6.45) is 0. The van der Waals surface area contributed by atoms with Crippen LogP contribution in [0, 0.1) is 6.07 Å². The maximum absolute atomic E-state index is 11.8. The van der Waals surface area contributed by atoms with Crippen molar-refractivity contribution in [2.45, 2.75) is 19.3 Å². The van der Waals surface area contributed by atoms with E-state index in [-0.39, 0.29) is 11.3 Å². The van der Waals surface area contributed by atoms with Gasteiger partial charge in [-0.05, 0) is 31.5 Å². The van der Waals surface area contributed by atoms with Gasteiger partial charge in [-0.1, -0.05) is 12.1 Å². The van der Waals surface area contributed by atoms with Gasteiger partial charge in [0.25, 0.3) is 0 Å². The molecule has 0 N–H and O–H groups in total. The van der Waals surface area contributed by atoms with Crippen molar-refractivity contribution in [1.29, 1.82) is 0 Å². The lowest BCUT2D eigenvalue weighted by molar-refractivity contribution is -0.121. The van der Waals surface area contributed by atoms with E-state index in [1.807, 2.05) is 39.1 Å². The van der Waals surface area contributed by atoms with Gasteiger partial charge in [0.1, 0.15) is 0 Å². The van der Waals surface area contributed by atoms with Crippen molar-refractivity contribution in [1.82, 2.24) is 0 Å². The van der Waals surface area contributed by atoms with E-state index >= 15 is 0 Å². The molecule has 0 spiro atoms. The second kappa shape index (κ2) is 2.34. The molecule has 2 nitrogen and oxygen atoms in total. The molecule has 0 aromatic heterocycles. The number of rotatable bonds is 0. The molecule has 1 amide bonds. The van der Waals surface area contributed by atoms with Crippen molar-refractivity contribution in [3.05, 3.63) is 29.8 Å². The van der Waals surface area contributed by atoms with Crippen LogP contribution >= 0.6 is 0 Å². The highest BCUT2D eigenvalue weighted by Crippen LogP contribution is 2.39. The van der Waals surface area contributed by atoms with E-state index in [1.54, 1.807) is 4.90 Å². The predicted octanol–water partition coefficient (Wildman–Crippen LogP) is 1.74. The van der Waals surface area contributed by atoms with Crippen LogP contribution in [0.2, 0.25) is 0 Å². The van der Waals surface area contributed by atoms with Crippen molar-refractivity contribution in [3.8, 4) is 0 Å². The summed E-state index contributed by atoms with van der Waals surface area (Å²) >= 11 is 0. The van der Waals surface area contributed by atoms with Gasteiger partial charge >= 0.3 is 0 Å². The third-order valence-electron chi connectivity index (χ3n) is 2.72. The second-order valence-corrected chi connectivity index (χ2v) is 3.93. The number of hydrogen-bond acceptors (Lipinski definition) is 1. The lowest BCUT2D eigenvalue weighted by Gasteiger charge is -2.16. The number of likely N-dealkylation sites (N-methyl/N-ethyl adjacent to an activating group) is 1. The van der Waals surface area contributed by atoms with Gasteiger partial charge in [0.2, 0.25) is 5.91 Å². The molecule has 0 atom stereocenters. The van der Waals surface area contributed by atoms with Crippen molar-refractivity contribution in [3.63, 3.8) is 0 Å². The second-order valence-electron chi connectivity index (χ2n) is 3.93. The van der Waals surface area contributed by atoms with Crippen molar-refractivity contribution < 1.29 is 4.79 Å². The number of carbonyl (C=O) groups excluding carboxylic acids is 1. The molecule has 2 heteroatoms. The molecule has 1 aromatic carbocycles. The van der Waals surface area contributed by atoms with Gasteiger partial charge in [-0.3, -0.25) is 4.79 Å². The molecule has 67 valence electrons. The smallest absolute Gasteiger partial charge is 0.236 e. The summed E-state index contributed by atoms with van der Waals surface area (Å²) in [5.74, 6) is 0.155. The number of nitrogens with zero attached hydrogens (tertiary/aromatic N) is 1. The SMILES string of the molecule is CN1C(=O)C(C)(C)c2cc[c]cc21. The summed E-state index contributed by atoms with van der Waals surface area (Å²) in [6.45, 7) is 3.91. The van der Waals surface area contributed by atoms with E-state index in [9.17, 15) is 4.79 Å². The number of hydrogen-bond donors (Lipinski definition) is 0.